The van der Waals surface area contributed by atoms with Crippen molar-refractivity contribution < 1.29 is 19.1 Å². The van der Waals surface area contributed by atoms with E-state index in [0.29, 0.717) is 28.9 Å². The summed E-state index contributed by atoms with van der Waals surface area (Å²) in [6.45, 7) is 0. The van der Waals surface area contributed by atoms with E-state index in [0.717, 1.165) is 0 Å². The van der Waals surface area contributed by atoms with E-state index in [9.17, 15) is 4.79 Å². The van der Waals surface area contributed by atoms with Gasteiger partial charge in [-0.2, -0.15) is 0 Å². The highest BCUT2D eigenvalue weighted by molar-refractivity contribution is 6.30. The molecule has 1 N–H and O–H groups in total. The van der Waals surface area contributed by atoms with E-state index < -0.39 is 5.97 Å². The SMILES string of the molecule is O=C(O)CCc1ccc(Oc2ccc(Cl)cc2)o1. The molecule has 0 saturated heterocycles. The number of benzene rings is 1. The highest BCUT2D eigenvalue weighted by Crippen LogP contribution is 2.25. The molecule has 2 aromatic rings. The number of halogens is 1. The highest BCUT2D eigenvalue weighted by Gasteiger charge is 2.06. The Kier molecular flexibility index (Phi) is 3.89. The monoisotopic (exact) mass is 266 g/mol. The summed E-state index contributed by atoms with van der Waals surface area (Å²) in [5.41, 5.74) is 0. The molecular weight excluding hydrogens is 256 g/mol. The summed E-state index contributed by atoms with van der Waals surface area (Å²) in [6.07, 6.45) is 0.382. The lowest BCUT2D eigenvalue weighted by Crippen LogP contribution is -1.96. The molecule has 2 rings (SSSR count). The minimum absolute atomic E-state index is 0.0356. The molecule has 18 heavy (non-hydrogen) atoms. The third-order valence-corrected chi connectivity index (χ3v) is 2.51. The lowest BCUT2D eigenvalue weighted by Gasteiger charge is -2.01. The third kappa shape index (κ3) is 3.53. The molecule has 4 nitrogen and oxygen atoms in total. The summed E-state index contributed by atoms with van der Waals surface area (Å²) in [7, 11) is 0. The molecule has 0 unspecified atom stereocenters. The number of carboxylic acid groups (broad SMARTS) is 1. The normalized spacial score (nSPS) is 10.3. The van der Waals surface area contributed by atoms with Gasteiger partial charge in [-0.1, -0.05) is 11.6 Å². The first-order chi connectivity index (χ1) is 8.63. The van der Waals surface area contributed by atoms with Crippen molar-refractivity contribution in [3.63, 3.8) is 0 Å². The second-order valence-electron chi connectivity index (χ2n) is 3.67. The molecule has 0 aliphatic heterocycles. The van der Waals surface area contributed by atoms with E-state index in [1.54, 1.807) is 36.4 Å². The van der Waals surface area contributed by atoms with Crippen LogP contribution >= 0.6 is 11.6 Å². The van der Waals surface area contributed by atoms with E-state index in [1.807, 2.05) is 0 Å². The van der Waals surface area contributed by atoms with Crippen LogP contribution < -0.4 is 4.74 Å². The topological polar surface area (TPSA) is 59.7 Å². The highest BCUT2D eigenvalue weighted by atomic mass is 35.5. The Balaban J connectivity index is 1.97. The minimum Gasteiger partial charge on any atom is -0.481 e. The summed E-state index contributed by atoms with van der Waals surface area (Å²) in [5, 5.41) is 9.19. The zero-order valence-electron chi connectivity index (χ0n) is 9.43. The smallest absolute Gasteiger partial charge is 0.303 e. The molecule has 1 aromatic heterocycles. The van der Waals surface area contributed by atoms with Gasteiger partial charge in [0.1, 0.15) is 11.5 Å². The molecule has 0 aliphatic carbocycles. The van der Waals surface area contributed by atoms with Crippen molar-refractivity contribution in [2.45, 2.75) is 12.8 Å². The summed E-state index contributed by atoms with van der Waals surface area (Å²) >= 11 is 5.76. The van der Waals surface area contributed by atoms with Crippen molar-refractivity contribution >= 4 is 17.6 Å². The van der Waals surface area contributed by atoms with E-state index in [2.05, 4.69) is 0 Å². The van der Waals surface area contributed by atoms with Crippen molar-refractivity contribution in [1.82, 2.24) is 0 Å². The third-order valence-electron chi connectivity index (χ3n) is 2.25. The van der Waals surface area contributed by atoms with Crippen LogP contribution in [0.1, 0.15) is 12.2 Å². The van der Waals surface area contributed by atoms with Gasteiger partial charge in [-0.15, -0.1) is 0 Å². The molecule has 0 fully saturated rings. The Labute approximate surface area is 109 Å². The molecule has 0 radical (unpaired) electrons. The Morgan fingerprint density at radius 2 is 1.94 bits per heavy atom. The zero-order chi connectivity index (χ0) is 13.0. The predicted octanol–water partition coefficient (Wildman–Crippen LogP) is 3.74. The molecule has 0 saturated carbocycles. The maximum atomic E-state index is 10.4. The van der Waals surface area contributed by atoms with Crippen LogP contribution in [-0.4, -0.2) is 11.1 Å². The molecule has 0 aliphatic rings. The number of carbonyl (C=O) groups is 1. The van der Waals surface area contributed by atoms with Gasteiger partial charge in [-0.05, 0) is 30.3 Å². The number of carboxylic acids is 1. The number of ether oxygens (including phenoxy) is 1. The molecule has 0 bridgehead atoms. The molecule has 94 valence electrons. The van der Waals surface area contributed by atoms with Gasteiger partial charge < -0.3 is 14.3 Å². The average Bonchev–Trinajstić information content (AvgIpc) is 2.77. The number of rotatable bonds is 5. The molecular formula is C13H11ClO4. The van der Waals surface area contributed by atoms with Crippen LogP contribution in [0.4, 0.5) is 0 Å². The second kappa shape index (κ2) is 5.60. The van der Waals surface area contributed by atoms with Crippen molar-refractivity contribution in [2.75, 3.05) is 0 Å². The first-order valence-corrected chi connectivity index (χ1v) is 5.75. The van der Waals surface area contributed by atoms with Gasteiger partial charge in [-0.25, -0.2) is 0 Å². The van der Waals surface area contributed by atoms with Crippen LogP contribution in [-0.2, 0) is 11.2 Å². The first kappa shape index (κ1) is 12.5. The van der Waals surface area contributed by atoms with Crippen LogP contribution in [0.25, 0.3) is 0 Å². The predicted molar refractivity (Wildman–Crippen MR) is 66.2 cm³/mol. The van der Waals surface area contributed by atoms with Gasteiger partial charge in [0.2, 0.25) is 0 Å². The standard InChI is InChI=1S/C13H11ClO4/c14-9-1-3-10(4-2-9)17-13-8-6-11(18-13)5-7-12(15)16/h1-4,6,8H,5,7H2,(H,15,16). The molecule has 0 atom stereocenters. The van der Waals surface area contributed by atoms with Crippen LogP contribution in [0.2, 0.25) is 5.02 Å². The van der Waals surface area contributed by atoms with Gasteiger partial charge in [0, 0.05) is 17.5 Å². The summed E-state index contributed by atoms with van der Waals surface area (Å²) < 4.78 is 10.8. The zero-order valence-corrected chi connectivity index (χ0v) is 10.2. The van der Waals surface area contributed by atoms with E-state index in [-0.39, 0.29) is 6.42 Å². The van der Waals surface area contributed by atoms with Crippen molar-refractivity contribution in [1.29, 1.82) is 0 Å². The fourth-order valence-electron chi connectivity index (χ4n) is 1.40. The lowest BCUT2D eigenvalue weighted by molar-refractivity contribution is -0.137. The van der Waals surface area contributed by atoms with Crippen molar-refractivity contribution in [3.05, 3.63) is 47.2 Å². The van der Waals surface area contributed by atoms with Crippen molar-refractivity contribution in [2.24, 2.45) is 0 Å². The molecule has 5 heteroatoms. The second-order valence-corrected chi connectivity index (χ2v) is 4.11. The number of aliphatic carboxylic acids is 1. The van der Waals surface area contributed by atoms with Gasteiger partial charge in [0.25, 0.3) is 5.95 Å². The molecule has 0 amide bonds. The van der Waals surface area contributed by atoms with Crippen LogP contribution in [0.5, 0.6) is 11.7 Å². The Bertz CT molecular complexity index is 530. The fraction of sp³-hybridized carbons (Fsp3) is 0.154. The van der Waals surface area contributed by atoms with Gasteiger partial charge in [-0.3, -0.25) is 4.79 Å². The van der Waals surface area contributed by atoms with Crippen LogP contribution in [0, 0.1) is 0 Å². The molecule has 1 heterocycles. The number of hydrogen-bond donors (Lipinski definition) is 1. The number of hydrogen-bond acceptors (Lipinski definition) is 3. The van der Waals surface area contributed by atoms with Gasteiger partial charge in [0.05, 0.1) is 6.42 Å². The molecule has 0 spiro atoms. The first-order valence-electron chi connectivity index (χ1n) is 5.37. The quantitative estimate of drug-likeness (QED) is 0.895. The van der Waals surface area contributed by atoms with E-state index in [1.165, 1.54) is 0 Å². The summed E-state index contributed by atoms with van der Waals surface area (Å²) in [5.74, 6) is 0.671. The Hall–Kier alpha value is -1.94. The van der Waals surface area contributed by atoms with Crippen LogP contribution in [0.15, 0.2) is 40.8 Å². The maximum absolute atomic E-state index is 10.4. The Morgan fingerprint density at radius 3 is 2.61 bits per heavy atom. The van der Waals surface area contributed by atoms with Gasteiger partial charge >= 0.3 is 5.97 Å². The minimum atomic E-state index is -0.855. The summed E-state index contributed by atoms with van der Waals surface area (Å²) in [6, 6.07) is 10.2. The fourth-order valence-corrected chi connectivity index (χ4v) is 1.52. The number of aryl methyl sites for hydroxylation is 1. The van der Waals surface area contributed by atoms with Crippen molar-refractivity contribution in [3.8, 4) is 11.7 Å². The average molecular weight is 267 g/mol. The summed E-state index contributed by atoms with van der Waals surface area (Å²) in [4.78, 5) is 10.4. The number of furan rings is 1. The van der Waals surface area contributed by atoms with E-state index >= 15 is 0 Å². The van der Waals surface area contributed by atoms with E-state index in [4.69, 9.17) is 25.9 Å². The largest absolute Gasteiger partial charge is 0.481 e. The Morgan fingerprint density at radius 1 is 1.22 bits per heavy atom. The maximum Gasteiger partial charge on any atom is 0.303 e. The van der Waals surface area contributed by atoms with Crippen LogP contribution in [0.3, 0.4) is 0 Å². The van der Waals surface area contributed by atoms with Gasteiger partial charge in [0.15, 0.2) is 0 Å². The lowest BCUT2D eigenvalue weighted by atomic mass is 10.2. The molecule has 1 aromatic carbocycles.